The minimum atomic E-state index is -1.27. The molecule has 0 radical (unpaired) electrons. The first-order chi connectivity index (χ1) is 11.0. The number of hydrogen-bond acceptors (Lipinski definition) is 4. The molecule has 0 aromatic rings. The Morgan fingerprint density at radius 1 is 1.26 bits per heavy atom. The molecule has 1 N–H and O–H groups in total. The monoisotopic (exact) mass is 322 g/mol. The van der Waals surface area contributed by atoms with E-state index in [1.54, 1.807) is 0 Å². The standard InChI is InChI=1S/C19H30O4/c1-3-4-10-15-19(22)16(13-14-17(19)20)11-8-6-5-7-9-12-18(21)23-2/h4,10,13,22H,3,5-9,11-12,14-15H2,1-2H3. The third kappa shape index (κ3) is 6.30. The van der Waals surface area contributed by atoms with Gasteiger partial charge in [-0.2, -0.15) is 0 Å². The van der Waals surface area contributed by atoms with E-state index >= 15 is 0 Å². The van der Waals surface area contributed by atoms with Crippen LogP contribution < -0.4 is 0 Å². The molecule has 1 aliphatic carbocycles. The summed E-state index contributed by atoms with van der Waals surface area (Å²) in [5.74, 6) is -0.226. The highest BCUT2D eigenvalue weighted by molar-refractivity contribution is 5.94. The predicted molar refractivity (Wildman–Crippen MR) is 91.0 cm³/mol. The number of hydrogen-bond donors (Lipinski definition) is 1. The molecule has 0 aliphatic heterocycles. The predicted octanol–water partition coefficient (Wildman–Crippen LogP) is 3.88. The van der Waals surface area contributed by atoms with Gasteiger partial charge in [-0.05, 0) is 31.3 Å². The van der Waals surface area contributed by atoms with E-state index in [0.717, 1.165) is 50.5 Å². The number of carbonyl (C=O) groups is 2. The molecule has 0 saturated heterocycles. The van der Waals surface area contributed by atoms with E-state index in [9.17, 15) is 14.7 Å². The minimum absolute atomic E-state index is 0.0775. The molecular formula is C19H30O4. The Bertz CT molecular complexity index is 450. The molecule has 0 bridgehead atoms. The smallest absolute Gasteiger partial charge is 0.305 e. The fourth-order valence-corrected chi connectivity index (χ4v) is 2.92. The summed E-state index contributed by atoms with van der Waals surface area (Å²) in [4.78, 5) is 23.0. The summed E-state index contributed by atoms with van der Waals surface area (Å²) >= 11 is 0. The molecule has 0 heterocycles. The van der Waals surface area contributed by atoms with Crippen LogP contribution in [0.5, 0.6) is 0 Å². The average molecular weight is 322 g/mol. The maximum atomic E-state index is 12.0. The second-order valence-corrected chi connectivity index (χ2v) is 6.14. The SMILES string of the molecule is CCC=CCC1(O)C(=O)CC=C1CCCCCCCC(=O)OC. The molecule has 0 saturated carbocycles. The Morgan fingerprint density at radius 3 is 2.65 bits per heavy atom. The van der Waals surface area contributed by atoms with Gasteiger partial charge in [0.25, 0.3) is 0 Å². The van der Waals surface area contributed by atoms with Crippen molar-refractivity contribution in [3.63, 3.8) is 0 Å². The van der Waals surface area contributed by atoms with E-state index in [1.807, 2.05) is 25.2 Å². The topological polar surface area (TPSA) is 63.6 Å². The van der Waals surface area contributed by atoms with Crippen LogP contribution in [0.15, 0.2) is 23.8 Å². The van der Waals surface area contributed by atoms with Gasteiger partial charge in [0.15, 0.2) is 5.78 Å². The van der Waals surface area contributed by atoms with Crippen molar-refractivity contribution in [1.29, 1.82) is 0 Å². The second-order valence-electron chi connectivity index (χ2n) is 6.14. The van der Waals surface area contributed by atoms with Crippen molar-refractivity contribution in [2.24, 2.45) is 0 Å². The summed E-state index contributed by atoms with van der Waals surface area (Å²) < 4.78 is 4.61. The van der Waals surface area contributed by atoms with Gasteiger partial charge in [-0.25, -0.2) is 0 Å². The molecule has 0 aromatic carbocycles. The molecule has 23 heavy (non-hydrogen) atoms. The van der Waals surface area contributed by atoms with Gasteiger partial charge in [0.2, 0.25) is 0 Å². The summed E-state index contributed by atoms with van der Waals surface area (Å²) in [5.41, 5.74) is -0.380. The number of ketones is 1. The van der Waals surface area contributed by atoms with Gasteiger partial charge in [-0.1, -0.05) is 44.4 Å². The van der Waals surface area contributed by atoms with Crippen LogP contribution in [-0.4, -0.2) is 29.6 Å². The van der Waals surface area contributed by atoms with Crippen LogP contribution in [0.3, 0.4) is 0 Å². The molecular weight excluding hydrogens is 292 g/mol. The van der Waals surface area contributed by atoms with Crippen LogP contribution in [0.1, 0.15) is 71.1 Å². The third-order valence-electron chi connectivity index (χ3n) is 4.40. The Balaban J connectivity index is 2.26. The number of esters is 1. The molecule has 1 rings (SSSR count). The molecule has 4 nitrogen and oxygen atoms in total. The van der Waals surface area contributed by atoms with Crippen LogP contribution in [0.25, 0.3) is 0 Å². The van der Waals surface area contributed by atoms with Crippen LogP contribution >= 0.6 is 0 Å². The molecule has 0 fully saturated rings. The van der Waals surface area contributed by atoms with Crippen LogP contribution in [0, 0.1) is 0 Å². The van der Waals surface area contributed by atoms with E-state index in [4.69, 9.17) is 0 Å². The fraction of sp³-hybridized carbons (Fsp3) is 0.684. The first-order valence-electron chi connectivity index (χ1n) is 8.71. The number of carbonyl (C=O) groups excluding carboxylic acids is 2. The summed E-state index contributed by atoms with van der Waals surface area (Å²) in [6.45, 7) is 2.04. The van der Waals surface area contributed by atoms with Gasteiger partial charge in [0, 0.05) is 19.3 Å². The number of methoxy groups -OCH3 is 1. The maximum Gasteiger partial charge on any atom is 0.305 e. The molecule has 0 amide bonds. The first kappa shape index (κ1) is 19.6. The number of unbranched alkanes of at least 4 members (excludes halogenated alkanes) is 4. The van der Waals surface area contributed by atoms with Gasteiger partial charge < -0.3 is 9.84 Å². The normalized spacial score (nSPS) is 21.0. The van der Waals surface area contributed by atoms with Crippen LogP contribution in [-0.2, 0) is 14.3 Å². The van der Waals surface area contributed by atoms with E-state index in [0.29, 0.717) is 19.3 Å². The molecule has 0 aromatic heterocycles. The number of aliphatic hydroxyl groups is 1. The number of allylic oxidation sites excluding steroid dienone is 2. The van der Waals surface area contributed by atoms with Crippen molar-refractivity contribution in [3.8, 4) is 0 Å². The highest BCUT2D eigenvalue weighted by Crippen LogP contribution is 2.34. The molecule has 4 heteroatoms. The highest BCUT2D eigenvalue weighted by atomic mass is 16.5. The Hall–Kier alpha value is -1.42. The van der Waals surface area contributed by atoms with Crippen molar-refractivity contribution in [3.05, 3.63) is 23.8 Å². The van der Waals surface area contributed by atoms with Gasteiger partial charge in [0.1, 0.15) is 5.60 Å². The highest BCUT2D eigenvalue weighted by Gasteiger charge is 2.41. The maximum absolute atomic E-state index is 12.0. The first-order valence-corrected chi connectivity index (χ1v) is 8.71. The zero-order valence-corrected chi connectivity index (χ0v) is 14.5. The van der Waals surface area contributed by atoms with Crippen molar-refractivity contribution in [1.82, 2.24) is 0 Å². The van der Waals surface area contributed by atoms with E-state index < -0.39 is 5.60 Å². The van der Waals surface area contributed by atoms with Gasteiger partial charge in [-0.3, -0.25) is 9.59 Å². The fourth-order valence-electron chi connectivity index (χ4n) is 2.92. The second kappa shape index (κ2) is 10.4. The van der Waals surface area contributed by atoms with Crippen LogP contribution in [0.2, 0.25) is 0 Å². The van der Waals surface area contributed by atoms with E-state index in [-0.39, 0.29) is 11.8 Å². The molecule has 1 unspecified atom stereocenters. The van der Waals surface area contributed by atoms with Crippen molar-refractivity contribution >= 4 is 11.8 Å². The quantitative estimate of drug-likeness (QED) is 0.356. The Kier molecular flexibility index (Phi) is 8.85. The van der Waals surface area contributed by atoms with E-state index in [2.05, 4.69) is 4.74 Å². The summed E-state index contributed by atoms with van der Waals surface area (Å²) in [5, 5.41) is 10.7. The largest absolute Gasteiger partial charge is 0.469 e. The van der Waals surface area contributed by atoms with Crippen molar-refractivity contribution in [2.75, 3.05) is 7.11 Å². The number of ether oxygens (including phenoxy) is 1. The summed E-state index contributed by atoms with van der Waals surface area (Å²) in [6, 6.07) is 0. The lowest BCUT2D eigenvalue weighted by Crippen LogP contribution is -2.36. The number of Topliss-reactive ketones (excluding diaryl/α,β-unsaturated/α-hetero) is 1. The molecule has 0 spiro atoms. The lowest BCUT2D eigenvalue weighted by molar-refractivity contribution is -0.140. The number of rotatable bonds is 11. The van der Waals surface area contributed by atoms with Gasteiger partial charge >= 0.3 is 5.97 Å². The van der Waals surface area contributed by atoms with E-state index in [1.165, 1.54) is 7.11 Å². The molecule has 1 aliphatic rings. The lowest BCUT2D eigenvalue weighted by atomic mass is 9.87. The zero-order valence-electron chi connectivity index (χ0n) is 14.5. The molecule has 1 atom stereocenters. The Labute approximate surface area is 139 Å². The zero-order chi connectivity index (χ0) is 17.1. The summed E-state index contributed by atoms with van der Waals surface area (Å²) in [6.07, 6.45) is 13.7. The minimum Gasteiger partial charge on any atom is -0.469 e. The molecule has 130 valence electrons. The average Bonchev–Trinajstić information content (AvgIpc) is 2.82. The Morgan fingerprint density at radius 2 is 1.96 bits per heavy atom. The summed E-state index contributed by atoms with van der Waals surface area (Å²) in [7, 11) is 1.41. The van der Waals surface area contributed by atoms with Crippen LogP contribution in [0.4, 0.5) is 0 Å². The third-order valence-corrected chi connectivity index (χ3v) is 4.40. The lowest BCUT2D eigenvalue weighted by Gasteiger charge is -2.23. The van der Waals surface area contributed by atoms with Gasteiger partial charge in [-0.15, -0.1) is 0 Å². The van der Waals surface area contributed by atoms with Crippen molar-refractivity contribution < 1.29 is 19.4 Å². The van der Waals surface area contributed by atoms with Gasteiger partial charge in [0.05, 0.1) is 7.11 Å². The van der Waals surface area contributed by atoms with Crippen molar-refractivity contribution in [2.45, 2.75) is 76.7 Å².